The highest BCUT2D eigenvalue weighted by Crippen LogP contribution is 2.26. The molecule has 0 aliphatic rings. The number of carbonyl (C=O) groups excluding carboxylic acids is 2. The lowest BCUT2D eigenvalue weighted by Gasteiger charge is -2.33. The van der Waals surface area contributed by atoms with Crippen molar-refractivity contribution in [2.75, 3.05) is 10.8 Å². The molecule has 1 N–H and O–H groups in total. The van der Waals surface area contributed by atoms with Gasteiger partial charge in [0.05, 0.1) is 10.6 Å². The van der Waals surface area contributed by atoms with Gasteiger partial charge in [0.2, 0.25) is 11.8 Å². The second-order valence-corrected chi connectivity index (χ2v) is 12.6. The normalized spacial score (nSPS) is 12.5. The van der Waals surface area contributed by atoms with E-state index < -0.39 is 45.8 Å². The lowest BCUT2D eigenvalue weighted by Crippen LogP contribution is -2.54. The van der Waals surface area contributed by atoms with E-state index in [0.717, 1.165) is 15.4 Å². The van der Waals surface area contributed by atoms with Crippen molar-refractivity contribution in [3.8, 4) is 0 Å². The van der Waals surface area contributed by atoms with Gasteiger partial charge in [-0.15, -0.1) is 0 Å². The van der Waals surface area contributed by atoms with Gasteiger partial charge >= 0.3 is 0 Å². The molecule has 0 heterocycles. The topological polar surface area (TPSA) is 86.8 Å². The van der Waals surface area contributed by atoms with Gasteiger partial charge in [-0.25, -0.2) is 12.8 Å². The van der Waals surface area contributed by atoms with Gasteiger partial charge < -0.3 is 10.2 Å². The molecule has 0 aliphatic carbocycles. The van der Waals surface area contributed by atoms with Crippen molar-refractivity contribution in [2.24, 2.45) is 0 Å². The molecule has 39 heavy (non-hydrogen) atoms. The van der Waals surface area contributed by atoms with E-state index >= 15 is 0 Å². The van der Waals surface area contributed by atoms with E-state index in [-0.39, 0.29) is 17.0 Å². The van der Waals surface area contributed by atoms with Crippen LogP contribution in [0.1, 0.15) is 44.4 Å². The zero-order chi connectivity index (χ0) is 29.0. The molecule has 0 spiro atoms. The third kappa shape index (κ3) is 7.66. The van der Waals surface area contributed by atoms with Crippen LogP contribution in [0, 0.1) is 19.7 Å². The van der Waals surface area contributed by atoms with Crippen LogP contribution in [0.5, 0.6) is 0 Å². The second-order valence-electron chi connectivity index (χ2n) is 10.7. The van der Waals surface area contributed by atoms with Crippen LogP contribution in [0.2, 0.25) is 0 Å². The van der Waals surface area contributed by atoms with Crippen LogP contribution < -0.4 is 9.62 Å². The largest absolute Gasteiger partial charge is 0.350 e. The molecule has 0 fully saturated rings. The van der Waals surface area contributed by atoms with E-state index in [1.165, 1.54) is 35.2 Å². The average molecular weight is 554 g/mol. The third-order valence-electron chi connectivity index (χ3n) is 6.14. The van der Waals surface area contributed by atoms with E-state index in [1.807, 2.05) is 40.7 Å². The van der Waals surface area contributed by atoms with Crippen LogP contribution >= 0.6 is 0 Å². The number of benzene rings is 3. The van der Waals surface area contributed by atoms with Gasteiger partial charge in [0, 0.05) is 17.6 Å². The minimum absolute atomic E-state index is 0.0292. The summed E-state index contributed by atoms with van der Waals surface area (Å²) in [5.74, 6) is -1.61. The molecule has 3 aromatic carbocycles. The number of nitrogens with zero attached hydrogens (tertiary/aromatic N) is 2. The Morgan fingerprint density at radius 3 is 2.15 bits per heavy atom. The Balaban J connectivity index is 2.05. The van der Waals surface area contributed by atoms with Crippen LogP contribution in [0.15, 0.2) is 77.7 Å². The first-order valence-corrected chi connectivity index (χ1v) is 14.1. The van der Waals surface area contributed by atoms with Crippen molar-refractivity contribution < 1.29 is 22.4 Å². The molecule has 0 bridgehead atoms. The Hall–Kier alpha value is -3.72. The fourth-order valence-electron chi connectivity index (χ4n) is 4.02. The molecule has 0 saturated heterocycles. The van der Waals surface area contributed by atoms with Gasteiger partial charge in [0.25, 0.3) is 10.0 Å². The predicted molar refractivity (Wildman–Crippen MR) is 151 cm³/mol. The minimum Gasteiger partial charge on any atom is -0.350 e. The number of halogens is 1. The summed E-state index contributed by atoms with van der Waals surface area (Å²) < 4.78 is 43.3. The minimum atomic E-state index is -4.16. The predicted octanol–water partition coefficient (Wildman–Crippen LogP) is 4.97. The standard InChI is InChI=1S/C30H36FN3O4S/c1-21-14-16-26(17-15-21)39(37,38)34(25-12-9-10-22(2)18-25)20-28(35)33(19-24-11-7-8-13-27(24)31)23(3)29(36)32-30(4,5)6/h7-18,23H,19-20H2,1-6H3,(H,32,36). The summed E-state index contributed by atoms with van der Waals surface area (Å²) in [6, 6.07) is 18.2. The SMILES string of the molecule is Cc1ccc(S(=O)(=O)N(CC(=O)N(Cc2ccccc2F)C(C)C(=O)NC(C)(C)C)c2cccc(C)c2)cc1. The summed E-state index contributed by atoms with van der Waals surface area (Å²) in [5.41, 5.74) is 1.65. The summed E-state index contributed by atoms with van der Waals surface area (Å²) in [6.07, 6.45) is 0. The number of amides is 2. The Morgan fingerprint density at radius 2 is 1.56 bits per heavy atom. The summed E-state index contributed by atoms with van der Waals surface area (Å²) in [6.45, 7) is 9.87. The fraction of sp³-hybridized carbons (Fsp3) is 0.333. The van der Waals surface area contributed by atoms with Gasteiger partial charge in [-0.2, -0.15) is 0 Å². The molecular weight excluding hydrogens is 517 g/mol. The van der Waals surface area contributed by atoms with E-state index in [0.29, 0.717) is 5.69 Å². The van der Waals surface area contributed by atoms with Crippen LogP contribution in [0.4, 0.5) is 10.1 Å². The van der Waals surface area contributed by atoms with E-state index in [4.69, 9.17) is 0 Å². The maximum Gasteiger partial charge on any atom is 0.264 e. The number of hydrogen-bond acceptors (Lipinski definition) is 4. The summed E-state index contributed by atoms with van der Waals surface area (Å²) in [7, 11) is -4.16. The van der Waals surface area contributed by atoms with Crippen molar-refractivity contribution in [3.05, 3.63) is 95.3 Å². The van der Waals surface area contributed by atoms with Crippen molar-refractivity contribution in [1.29, 1.82) is 0 Å². The molecule has 2 amide bonds. The first-order valence-electron chi connectivity index (χ1n) is 12.7. The molecular formula is C30H36FN3O4S. The lowest BCUT2D eigenvalue weighted by molar-refractivity contribution is -0.140. The number of nitrogens with one attached hydrogen (secondary N) is 1. The molecule has 208 valence electrons. The van der Waals surface area contributed by atoms with Gasteiger partial charge in [-0.1, -0.05) is 48.0 Å². The van der Waals surface area contributed by atoms with Crippen LogP contribution in [0.25, 0.3) is 0 Å². The number of rotatable bonds is 9. The average Bonchev–Trinajstić information content (AvgIpc) is 2.85. The van der Waals surface area contributed by atoms with E-state index in [1.54, 1.807) is 43.3 Å². The maximum absolute atomic E-state index is 14.6. The zero-order valence-electron chi connectivity index (χ0n) is 23.2. The second kappa shape index (κ2) is 12.0. The quantitative estimate of drug-likeness (QED) is 0.405. The van der Waals surface area contributed by atoms with Crippen molar-refractivity contribution in [3.63, 3.8) is 0 Å². The first kappa shape index (κ1) is 29.8. The van der Waals surface area contributed by atoms with Crippen LogP contribution in [-0.2, 0) is 26.2 Å². The summed E-state index contributed by atoms with van der Waals surface area (Å²) in [5, 5.41) is 2.85. The maximum atomic E-state index is 14.6. The molecule has 7 nitrogen and oxygen atoms in total. The van der Waals surface area contributed by atoms with Gasteiger partial charge in [-0.05, 0) is 77.4 Å². The fourth-order valence-corrected chi connectivity index (χ4v) is 5.42. The van der Waals surface area contributed by atoms with Crippen molar-refractivity contribution >= 4 is 27.5 Å². The smallest absolute Gasteiger partial charge is 0.264 e. The molecule has 0 radical (unpaired) electrons. The van der Waals surface area contributed by atoms with Crippen molar-refractivity contribution in [2.45, 2.75) is 64.6 Å². The van der Waals surface area contributed by atoms with E-state index in [2.05, 4.69) is 5.32 Å². The molecule has 1 atom stereocenters. The number of hydrogen-bond donors (Lipinski definition) is 1. The Morgan fingerprint density at radius 1 is 0.923 bits per heavy atom. The third-order valence-corrected chi connectivity index (χ3v) is 7.93. The highest BCUT2D eigenvalue weighted by Gasteiger charge is 2.33. The van der Waals surface area contributed by atoms with Gasteiger partial charge in [0.1, 0.15) is 18.4 Å². The number of anilines is 1. The van der Waals surface area contributed by atoms with E-state index in [9.17, 15) is 22.4 Å². The highest BCUT2D eigenvalue weighted by molar-refractivity contribution is 7.92. The highest BCUT2D eigenvalue weighted by atomic mass is 32.2. The van der Waals surface area contributed by atoms with Gasteiger partial charge in [0.15, 0.2) is 0 Å². The number of carbonyl (C=O) groups is 2. The zero-order valence-corrected chi connectivity index (χ0v) is 24.0. The molecule has 0 aromatic heterocycles. The molecule has 0 saturated carbocycles. The monoisotopic (exact) mass is 553 g/mol. The molecule has 9 heteroatoms. The van der Waals surface area contributed by atoms with Gasteiger partial charge in [-0.3, -0.25) is 13.9 Å². The summed E-state index contributed by atoms with van der Waals surface area (Å²) >= 11 is 0. The Labute approximate surface area is 230 Å². The molecule has 1 unspecified atom stereocenters. The Bertz CT molecular complexity index is 1430. The van der Waals surface area contributed by atoms with Crippen LogP contribution in [-0.4, -0.2) is 43.3 Å². The number of sulfonamides is 1. The molecule has 3 aromatic rings. The Kier molecular flexibility index (Phi) is 9.17. The number of aryl methyl sites for hydroxylation is 2. The molecule has 0 aliphatic heterocycles. The first-order chi connectivity index (χ1) is 18.2. The lowest BCUT2D eigenvalue weighted by atomic mass is 10.1. The van der Waals surface area contributed by atoms with Crippen molar-refractivity contribution in [1.82, 2.24) is 10.2 Å². The summed E-state index contributed by atoms with van der Waals surface area (Å²) in [4.78, 5) is 28.2. The molecule has 3 rings (SSSR count). The van der Waals surface area contributed by atoms with Crippen LogP contribution in [0.3, 0.4) is 0 Å².